The molecule has 28 heavy (non-hydrogen) atoms. The van der Waals surface area contributed by atoms with Crippen LogP contribution in [0, 0.1) is 18.3 Å². The summed E-state index contributed by atoms with van der Waals surface area (Å²) in [5.74, 6) is 0.375. The minimum atomic E-state index is -0.217. The summed E-state index contributed by atoms with van der Waals surface area (Å²) in [6.07, 6.45) is 1.82. The zero-order valence-electron chi connectivity index (χ0n) is 15.6. The molecule has 1 amide bonds. The maximum atomic E-state index is 12.0. The first-order valence-electron chi connectivity index (χ1n) is 8.90. The highest BCUT2D eigenvalue weighted by Crippen LogP contribution is 2.19. The van der Waals surface area contributed by atoms with Gasteiger partial charge in [-0.15, -0.1) is 0 Å². The van der Waals surface area contributed by atoms with Gasteiger partial charge >= 0.3 is 0 Å². The van der Waals surface area contributed by atoms with E-state index in [9.17, 15) is 10.1 Å². The minimum Gasteiger partial charge on any atom is -0.484 e. The molecule has 0 saturated heterocycles. The number of benzene rings is 3. The summed E-state index contributed by atoms with van der Waals surface area (Å²) in [4.78, 5) is 12.0. The fourth-order valence-electron chi connectivity index (χ4n) is 2.69. The summed E-state index contributed by atoms with van der Waals surface area (Å²) in [7, 11) is 0. The molecule has 3 aromatic rings. The topological polar surface area (TPSA) is 62.1 Å². The Balaban J connectivity index is 1.59. The summed E-state index contributed by atoms with van der Waals surface area (Å²) >= 11 is 0. The summed E-state index contributed by atoms with van der Waals surface area (Å²) < 4.78 is 5.54. The second-order valence-corrected chi connectivity index (χ2v) is 6.31. The standard InChI is InChI=1S/C24H20N2O2/c1-18-6-5-9-22(14-18)26-24(27)17-28-23-12-10-19(11-13-23)15-21(16-25)20-7-3-2-4-8-20/h2-15H,17H2,1H3,(H,26,27). The molecule has 0 aliphatic carbocycles. The zero-order valence-corrected chi connectivity index (χ0v) is 15.6. The van der Waals surface area contributed by atoms with Crippen LogP contribution in [0.5, 0.6) is 5.75 Å². The minimum absolute atomic E-state index is 0.0728. The average Bonchev–Trinajstić information content (AvgIpc) is 2.72. The van der Waals surface area contributed by atoms with E-state index >= 15 is 0 Å². The molecule has 0 atom stereocenters. The highest BCUT2D eigenvalue weighted by molar-refractivity contribution is 5.92. The highest BCUT2D eigenvalue weighted by Gasteiger charge is 2.05. The molecule has 0 aliphatic rings. The van der Waals surface area contributed by atoms with Crippen LogP contribution in [0.3, 0.4) is 0 Å². The molecule has 0 fully saturated rings. The third-order valence-corrected chi connectivity index (χ3v) is 4.07. The fraction of sp³-hybridized carbons (Fsp3) is 0.0833. The maximum absolute atomic E-state index is 12.0. The largest absolute Gasteiger partial charge is 0.484 e. The number of amides is 1. The number of nitrogens with one attached hydrogen (secondary N) is 1. The number of carbonyl (C=O) groups is 1. The molecule has 3 rings (SSSR count). The van der Waals surface area contributed by atoms with Crippen molar-refractivity contribution in [1.82, 2.24) is 0 Å². The van der Waals surface area contributed by atoms with Crippen LogP contribution in [0.4, 0.5) is 5.69 Å². The normalized spacial score (nSPS) is 10.8. The Kier molecular flexibility index (Phi) is 6.22. The van der Waals surface area contributed by atoms with Crippen molar-refractivity contribution in [2.75, 3.05) is 11.9 Å². The van der Waals surface area contributed by atoms with Crippen molar-refractivity contribution in [2.45, 2.75) is 6.92 Å². The SMILES string of the molecule is Cc1cccc(NC(=O)COc2ccc(C=C(C#N)c3ccccc3)cc2)c1. The molecule has 0 spiro atoms. The van der Waals surface area contributed by atoms with Gasteiger partial charge in [-0.25, -0.2) is 0 Å². The van der Waals surface area contributed by atoms with Gasteiger partial charge in [0.25, 0.3) is 5.91 Å². The monoisotopic (exact) mass is 368 g/mol. The van der Waals surface area contributed by atoms with Gasteiger partial charge in [0.05, 0.1) is 11.6 Å². The third-order valence-electron chi connectivity index (χ3n) is 4.07. The third kappa shape index (κ3) is 5.33. The van der Waals surface area contributed by atoms with Crippen molar-refractivity contribution in [3.63, 3.8) is 0 Å². The smallest absolute Gasteiger partial charge is 0.262 e. The van der Waals surface area contributed by atoms with Gasteiger partial charge in [-0.2, -0.15) is 5.26 Å². The molecule has 0 saturated carbocycles. The summed E-state index contributed by atoms with van der Waals surface area (Å²) in [6.45, 7) is 1.90. The molecular weight excluding hydrogens is 348 g/mol. The van der Waals surface area contributed by atoms with Crippen LogP contribution in [0.15, 0.2) is 78.9 Å². The second kappa shape index (κ2) is 9.20. The molecule has 0 aliphatic heterocycles. The van der Waals surface area contributed by atoms with Crippen molar-refractivity contribution < 1.29 is 9.53 Å². The van der Waals surface area contributed by atoms with Crippen molar-refractivity contribution in [3.05, 3.63) is 95.6 Å². The molecule has 0 bridgehead atoms. The van der Waals surface area contributed by atoms with Crippen LogP contribution in [-0.4, -0.2) is 12.5 Å². The Labute approximate surface area is 164 Å². The molecule has 138 valence electrons. The number of hydrogen-bond donors (Lipinski definition) is 1. The number of hydrogen-bond acceptors (Lipinski definition) is 3. The molecular formula is C24H20N2O2. The lowest BCUT2D eigenvalue weighted by atomic mass is 10.0. The van der Waals surface area contributed by atoms with Crippen LogP contribution in [-0.2, 0) is 4.79 Å². The first kappa shape index (κ1) is 18.9. The van der Waals surface area contributed by atoms with Crippen LogP contribution in [0.1, 0.15) is 16.7 Å². The van der Waals surface area contributed by atoms with Crippen LogP contribution in [0.25, 0.3) is 11.6 Å². The molecule has 3 aromatic carbocycles. The average molecular weight is 368 g/mol. The van der Waals surface area contributed by atoms with E-state index in [-0.39, 0.29) is 12.5 Å². The van der Waals surface area contributed by atoms with Crippen molar-refractivity contribution in [1.29, 1.82) is 5.26 Å². The second-order valence-electron chi connectivity index (χ2n) is 6.31. The Morgan fingerprint density at radius 3 is 2.46 bits per heavy atom. The molecule has 1 N–H and O–H groups in total. The number of nitriles is 1. The Hall–Kier alpha value is -3.84. The maximum Gasteiger partial charge on any atom is 0.262 e. The van der Waals surface area contributed by atoms with E-state index in [0.29, 0.717) is 11.3 Å². The van der Waals surface area contributed by atoms with Gasteiger partial charge in [0, 0.05) is 5.69 Å². The number of nitrogens with zero attached hydrogens (tertiary/aromatic N) is 1. The molecule has 4 heteroatoms. The van der Waals surface area contributed by atoms with E-state index in [1.807, 2.05) is 79.7 Å². The van der Waals surface area contributed by atoms with Gasteiger partial charge in [0.2, 0.25) is 0 Å². The van der Waals surface area contributed by atoms with Gasteiger partial charge in [-0.1, -0.05) is 54.6 Å². The van der Waals surface area contributed by atoms with E-state index in [4.69, 9.17) is 4.74 Å². The van der Waals surface area contributed by atoms with Crippen LogP contribution >= 0.6 is 0 Å². The zero-order chi connectivity index (χ0) is 19.8. The lowest BCUT2D eigenvalue weighted by Crippen LogP contribution is -2.20. The number of anilines is 1. The van der Waals surface area contributed by atoms with Crippen molar-refractivity contribution >= 4 is 23.2 Å². The number of rotatable bonds is 6. The quantitative estimate of drug-likeness (QED) is 0.488. The van der Waals surface area contributed by atoms with E-state index in [2.05, 4.69) is 11.4 Å². The van der Waals surface area contributed by atoms with Crippen molar-refractivity contribution in [3.8, 4) is 11.8 Å². The van der Waals surface area contributed by atoms with Gasteiger partial charge in [-0.3, -0.25) is 4.79 Å². The van der Waals surface area contributed by atoms with Gasteiger partial charge < -0.3 is 10.1 Å². The van der Waals surface area contributed by atoms with Crippen molar-refractivity contribution in [2.24, 2.45) is 0 Å². The fourth-order valence-corrected chi connectivity index (χ4v) is 2.69. The van der Waals surface area contributed by atoms with Gasteiger partial charge in [0.15, 0.2) is 6.61 Å². The molecule has 0 heterocycles. The summed E-state index contributed by atoms with van der Waals surface area (Å²) in [5, 5.41) is 12.2. The van der Waals surface area contributed by atoms with E-state index < -0.39 is 0 Å². The summed E-state index contributed by atoms with van der Waals surface area (Å²) in [6, 6.07) is 26.6. The molecule has 0 radical (unpaired) electrons. The number of carbonyl (C=O) groups excluding carboxylic acids is 1. The lowest BCUT2D eigenvalue weighted by molar-refractivity contribution is -0.118. The Bertz CT molecular complexity index is 1020. The molecule has 4 nitrogen and oxygen atoms in total. The van der Waals surface area contributed by atoms with Crippen LogP contribution < -0.4 is 10.1 Å². The number of allylic oxidation sites excluding steroid dienone is 1. The highest BCUT2D eigenvalue weighted by atomic mass is 16.5. The molecule has 0 aromatic heterocycles. The van der Waals surface area contributed by atoms with Crippen LogP contribution in [0.2, 0.25) is 0 Å². The Morgan fingerprint density at radius 2 is 1.79 bits per heavy atom. The van der Waals surface area contributed by atoms with Gasteiger partial charge in [-0.05, 0) is 54.0 Å². The first-order valence-corrected chi connectivity index (χ1v) is 8.90. The summed E-state index contributed by atoms with van der Waals surface area (Å²) in [5.41, 5.74) is 4.18. The molecule has 0 unspecified atom stereocenters. The Morgan fingerprint density at radius 1 is 1.04 bits per heavy atom. The lowest BCUT2D eigenvalue weighted by Gasteiger charge is -2.08. The first-order chi connectivity index (χ1) is 13.6. The van der Waals surface area contributed by atoms with Gasteiger partial charge in [0.1, 0.15) is 5.75 Å². The number of aryl methyl sites for hydroxylation is 1. The predicted molar refractivity (Wildman–Crippen MR) is 112 cm³/mol. The van der Waals surface area contributed by atoms with E-state index in [0.717, 1.165) is 22.4 Å². The number of ether oxygens (including phenoxy) is 1. The predicted octanol–water partition coefficient (Wildman–Crippen LogP) is 5.08. The van der Waals surface area contributed by atoms with E-state index in [1.165, 1.54) is 0 Å². The van der Waals surface area contributed by atoms with E-state index in [1.54, 1.807) is 12.1 Å².